The first kappa shape index (κ1) is 22.1. The maximum atomic E-state index is 14.5. The van der Waals surface area contributed by atoms with Crippen LogP contribution >= 0.6 is 15.9 Å². The molecule has 1 N–H and O–H groups in total. The van der Waals surface area contributed by atoms with Gasteiger partial charge in [0.25, 0.3) is 6.43 Å². The van der Waals surface area contributed by atoms with Crippen LogP contribution in [0.2, 0.25) is 0 Å². The van der Waals surface area contributed by atoms with Crippen LogP contribution in [0.15, 0.2) is 16.6 Å². The molecule has 9 heteroatoms. The van der Waals surface area contributed by atoms with Crippen LogP contribution in [0, 0.1) is 5.82 Å². The lowest BCUT2D eigenvalue weighted by Gasteiger charge is -2.25. The van der Waals surface area contributed by atoms with Gasteiger partial charge in [-0.05, 0) is 39.8 Å². The van der Waals surface area contributed by atoms with Gasteiger partial charge in [-0.3, -0.25) is 4.79 Å². The minimum atomic E-state index is -3.02. The number of hydrogen-bond acceptors (Lipinski definition) is 3. The third kappa shape index (κ3) is 6.38. The number of benzene rings is 1. The third-order valence-electron chi connectivity index (χ3n) is 3.19. The number of carbonyl (C=O) groups is 1. The molecule has 0 aliphatic carbocycles. The molecule has 1 aromatic rings. The Bertz CT molecular complexity index is 650. The SMILES string of the molecule is CCOC(=O)C[C@H](N[S@](=O)C(C)(C)C)c1cc(Br)cc(C(F)F)c1F. The van der Waals surface area contributed by atoms with Crippen molar-refractivity contribution in [3.8, 4) is 0 Å². The maximum Gasteiger partial charge on any atom is 0.307 e. The normalized spacial score (nSPS) is 14.4. The van der Waals surface area contributed by atoms with Crippen LogP contribution in [-0.4, -0.2) is 21.5 Å². The summed E-state index contributed by atoms with van der Waals surface area (Å²) in [4.78, 5) is 11.8. The summed E-state index contributed by atoms with van der Waals surface area (Å²) >= 11 is 3.07. The zero-order valence-electron chi connectivity index (χ0n) is 14.4. The molecule has 0 radical (unpaired) electrons. The molecule has 0 saturated carbocycles. The van der Waals surface area contributed by atoms with Gasteiger partial charge >= 0.3 is 5.97 Å². The predicted molar refractivity (Wildman–Crippen MR) is 94.1 cm³/mol. The first-order valence-corrected chi connectivity index (χ1v) is 9.52. The van der Waals surface area contributed by atoms with Gasteiger partial charge < -0.3 is 4.74 Å². The fourth-order valence-corrected chi connectivity index (χ4v) is 3.27. The number of ether oxygens (including phenoxy) is 1. The Morgan fingerprint density at radius 1 is 1.32 bits per heavy atom. The van der Waals surface area contributed by atoms with Crippen molar-refractivity contribution in [2.75, 3.05) is 6.61 Å². The summed E-state index contributed by atoms with van der Waals surface area (Å²) in [5.41, 5.74) is -0.961. The number of alkyl halides is 2. The summed E-state index contributed by atoms with van der Waals surface area (Å²) in [6.45, 7) is 6.82. The van der Waals surface area contributed by atoms with E-state index in [4.69, 9.17) is 4.74 Å². The first-order valence-electron chi connectivity index (χ1n) is 7.58. The van der Waals surface area contributed by atoms with Crippen LogP contribution in [0.5, 0.6) is 0 Å². The summed E-state index contributed by atoms with van der Waals surface area (Å²) in [6.07, 6.45) is -3.36. The summed E-state index contributed by atoms with van der Waals surface area (Å²) in [5.74, 6) is -1.78. The highest BCUT2D eigenvalue weighted by atomic mass is 79.9. The van der Waals surface area contributed by atoms with Gasteiger partial charge in [0, 0.05) is 10.0 Å². The second-order valence-electron chi connectivity index (χ2n) is 6.26. The molecule has 0 bridgehead atoms. The fraction of sp³-hybridized carbons (Fsp3) is 0.562. The number of esters is 1. The van der Waals surface area contributed by atoms with E-state index in [1.165, 1.54) is 6.07 Å². The Morgan fingerprint density at radius 2 is 1.88 bits per heavy atom. The van der Waals surface area contributed by atoms with Crippen molar-refractivity contribution < 1.29 is 26.9 Å². The van der Waals surface area contributed by atoms with Crippen molar-refractivity contribution in [3.05, 3.63) is 33.5 Å². The highest BCUT2D eigenvalue weighted by Gasteiger charge is 2.29. The van der Waals surface area contributed by atoms with Gasteiger partial charge in [0.2, 0.25) is 0 Å². The van der Waals surface area contributed by atoms with Crippen molar-refractivity contribution >= 4 is 32.9 Å². The topological polar surface area (TPSA) is 55.4 Å². The molecule has 0 saturated heterocycles. The van der Waals surface area contributed by atoms with Gasteiger partial charge in [-0.2, -0.15) is 0 Å². The smallest absolute Gasteiger partial charge is 0.307 e. The van der Waals surface area contributed by atoms with E-state index in [1.54, 1.807) is 27.7 Å². The molecule has 4 nitrogen and oxygen atoms in total. The predicted octanol–water partition coefficient (Wildman–Crippen LogP) is 4.57. The number of rotatable bonds is 7. The third-order valence-corrected chi connectivity index (χ3v) is 5.25. The molecule has 0 fully saturated rings. The van der Waals surface area contributed by atoms with Gasteiger partial charge in [-0.15, -0.1) is 0 Å². The van der Waals surface area contributed by atoms with Gasteiger partial charge in [-0.1, -0.05) is 15.9 Å². The van der Waals surface area contributed by atoms with Gasteiger partial charge in [0.05, 0.1) is 40.4 Å². The van der Waals surface area contributed by atoms with Crippen LogP contribution in [0.1, 0.15) is 57.7 Å². The fourth-order valence-electron chi connectivity index (χ4n) is 1.95. The van der Waals surface area contributed by atoms with E-state index in [-0.39, 0.29) is 23.1 Å². The Hall–Kier alpha value is -0.930. The van der Waals surface area contributed by atoms with E-state index in [0.717, 1.165) is 6.07 Å². The number of halogens is 4. The minimum Gasteiger partial charge on any atom is -0.466 e. The van der Waals surface area contributed by atoms with E-state index in [9.17, 15) is 22.2 Å². The number of nitrogens with one attached hydrogen (secondary N) is 1. The Balaban J connectivity index is 3.31. The number of carbonyl (C=O) groups excluding carboxylic acids is 1. The molecule has 0 heterocycles. The zero-order chi connectivity index (χ0) is 19.4. The molecule has 0 unspecified atom stereocenters. The summed E-state index contributed by atoms with van der Waals surface area (Å²) in [6, 6.07) is 1.19. The molecule has 0 aliphatic rings. The second kappa shape index (κ2) is 9.14. The van der Waals surface area contributed by atoms with E-state index in [2.05, 4.69) is 20.7 Å². The lowest BCUT2D eigenvalue weighted by atomic mass is 10.0. The van der Waals surface area contributed by atoms with Crippen LogP contribution < -0.4 is 4.72 Å². The molecule has 142 valence electrons. The van der Waals surface area contributed by atoms with Crippen molar-refractivity contribution in [2.24, 2.45) is 0 Å². The molecule has 0 amide bonds. The lowest BCUT2D eigenvalue weighted by molar-refractivity contribution is -0.143. The molecule has 0 aliphatic heterocycles. The van der Waals surface area contributed by atoms with E-state index >= 15 is 0 Å². The monoisotopic (exact) mass is 443 g/mol. The Morgan fingerprint density at radius 3 is 2.36 bits per heavy atom. The van der Waals surface area contributed by atoms with E-state index < -0.39 is 45.5 Å². The van der Waals surface area contributed by atoms with E-state index in [1.807, 2.05) is 0 Å². The van der Waals surface area contributed by atoms with Crippen LogP contribution in [0.3, 0.4) is 0 Å². The van der Waals surface area contributed by atoms with Crippen molar-refractivity contribution in [1.82, 2.24) is 4.72 Å². The standard InChI is InChI=1S/C16H21BrF3NO3S/c1-5-24-13(22)8-12(21-25(23)16(2,3)4)10-6-9(17)7-11(14(10)18)15(19)20/h6-7,12,15,21H,5,8H2,1-4H3/t12-,25+/m0/s1. The molecule has 1 rings (SSSR count). The molecule has 25 heavy (non-hydrogen) atoms. The largest absolute Gasteiger partial charge is 0.466 e. The molecular weight excluding hydrogens is 423 g/mol. The van der Waals surface area contributed by atoms with Crippen LogP contribution in [0.4, 0.5) is 13.2 Å². The van der Waals surface area contributed by atoms with Crippen molar-refractivity contribution in [3.63, 3.8) is 0 Å². The molecule has 2 atom stereocenters. The lowest BCUT2D eigenvalue weighted by Crippen LogP contribution is -2.37. The number of hydrogen-bond donors (Lipinski definition) is 1. The van der Waals surface area contributed by atoms with Crippen molar-refractivity contribution in [2.45, 2.75) is 51.3 Å². The minimum absolute atomic E-state index is 0.122. The quantitative estimate of drug-likeness (QED) is 0.627. The van der Waals surface area contributed by atoms with Crippen LogP contribution in [0.25, 0.3) is 0 Å². The summed E-state index contributed by atoms with van der Waals surface area (Å²) < 4.78 is 60.1. The van der Waals surface area contributed by atoms with Crippen LogP contribution in [-0.2, 0) is 20.5 Å². The molecule has 0 aromatic heterocycles. The summed E-state index contributed by atoms with van der Waals surface area (Å²) in [7, 11) is -1.65. The second-order valence-corrected chi connectivity index (χ2v) is 9.17. The molecule has 0 spiro atoms. The molecule has 1 aromatic carbocycles. The van der Waals surface area contributed by atoms with E-state index in [0.29, 0.717) is 0 Å². The highest BCUT2D eigenvalue weighted by Crippen LogP contribution is 2.33. The summed E-state index contributed by atoms with van der Waals surface area (Å²) in [5, 5.41) is 0. The first-order chi connectivity index (χ1) is 11.5. The highest BCUT2D eigenvalue weighted by molar-refractivity contribution is 9.10. The average molecular weight is 444 g/mol. The van der Waals surface area contributed by atoms with Crippen molar-refractivity contribution in [1.29, 1.82) is 0 Å². The maximum absolute atomic E-state index is 14.5. The van der Waals surface area contributed by atoms with Gasteiger partial charge in [0.15, 0.2) is 0 Å². The Kier molecular flexibility index (Phi) is 8.08. The zero-order valence-corrected chi connectivity index (χ0v) is 16.8. The van der Waals surface area contributed by atoms with Gasteiger partial charge in [-0.25, -0.2) is 22.1 Å². The Labute approximate surface area is 156 Å². The molecular formula is C16H21BrF3NO3S. The van der Waals surface area contributed by atoms with Gasteiger partial charge in [0.1, 0.15) is 5.82 Å². The average Bonchev–Trinajstić information content (AvgIpc) is 2.47.